The molecule has 0 spiro atoms. The Morgan fingerprint density at radius 1 is 1.55 bits per heavy atom. The highest BCUT2D eigenvalue weighted by Gasteiger charge is 1.81. The molecule has 58 valence electrons. The van der Waals surface area contributed by atoms with Crippen LogP contribution in [0.15, 0.2) is 36.0 Å². The number of rotatable bonds is 3. The van der Waals surface area contributed by atoms with Gasteiger partial charge in [-0.25, -0.2) is 0 Å². The number of hydrogen-bond donors (Lipinski definition) is 0. The lowest BCUT2D eigenvalue weighted by molar-refractivity contribution is 1.22. The Hall–Kier alpha value is -1.29. The first-order valence-corrected chi connectivity index (χ1v) is 3.74. The Balaban J connectivity index is 4.15. The SMILES string of the molecule is C\C=C/C(C#N)=C\C=C\CC. The first-order valence-electron chi connectivity index (χ1n) is 3.74. The second kappa shape index (κ2) is 6.82. The van der Waals surface area contributed by atoms with E-state index in [1.165, 1.54) is 0 Å². The van der Waals surface area contributed by atoms with Crippen molar-refractivity contribution in [2.45, 2.75) is 20.3 Å². The third-order valence-corrected chi connectivity index (χ3v) is 1.12. The molecule has 0 N–H and O–H groups in total. The number of allylic oxidation sites excluding steroid dienone is 6. The summed E-state index contributed by atoms with van der Waals surface area (Å²) in [7, 11) is 0. The van der Waals surface area contributed by atoms with E-state index in [1.807, 2.05) is 31.2 Å². The molecule has 0 rings (SSSR count). The minimum atomic E-state index is 0.692. The van der Waals surface area contributed by atoms with Crippen LogP contribution in [0.3, 0.4) is 0 Å². The molecule has 0 amide bonds. The molecule has 0 aliphatic carbocycles. The Kier molecular flexibility index (Phi) is 6.02. The molecular formula is C10H13N. The molecule has 11 heavy (non-hydrogen) atoms. The van der Waals surface area contributed by atoms with Crippen LogP contribution in [0.25, 0.3) is 0 Å². The maximum atomic E-state index is 8.55. The molecule has 0 saturated heterocycles. The smallest absolute Gasteiger partial charge is 0.0991 e. The van der Waals surface area contributed by atoms with Crippen LogP contribution in [0.5, 0.6) is 0 Å². The molecule has 0 aliphatic heterocycles. The normalized spacial score (nSPS) is 12.6. The van der Waals surface area contributed by atoms with Gasteiger partial charge in [0.25, 0.3) is 0 Å². The van der Waals surface area contributed by atoms with Gasteiger partial charge >= 0.3 is 0 Å². The molecule has 1 heteroatoms. The lowest BCUT2D eigenvalue weighted by Crippen LogP contribution is -1.67. The summed E-state index contributed by atoms with van der Waals surface area (Å²) in [5.41, 5.74) is 0.692. The molecule has 0 aromatic carbocycles. The summed E-state index contributed by atoms with van der Waals surface area (Å²) >= 11 is 0. The molecule has 0 aromatic rings. The van der Waals surface area contributed by atoms with E-state index in [0.717, 1.165) is 6.42 Å². The summed E-state index contributed by atoms with van der Waals surface area (Å²) in [5.74, 6) is 0. The third kappa shape index (κ3) is 5.17. The lowest BCUT2D eigenvalue weighted by Gasteiger charge is -1.81. The van der Waals surface area contributed by atoms with Gasteiger partial charge in [-0.1, -0.05) is 25.2 Å². The molecule has 0 fully saturated rings. The van der Waals surface area contributed by atoms with Crippen LogP contribution in [0.1, 0.15) is 20.3 Å². The summed E-state index contributed by atoms with van der Waals surface area (Å²) in [4.78, 5) is 0. The van der Waals surface area contributed by atoms with Crippen LogP contribution < -0.4 is 0 Å². The fourth-order valence-corrected chi connectivity index (χ4v) is 0.617. The van der Waals surface area contributed by atoms with Crippen LogP contribution in [0, 0.1) is 11.3 Å². The molecule has 1 nitrogen and oxygen atoms in total. The second-order valence-corrected chi connectivity index (χ2v) is 2.07. The fourth-order valence-electron chi connectivity index (χ4n) is 0.617. The third-order valence-electron chi connectivity index (χ3n) is 1.12. The quantitative estimate of drug-likeness (QED) is 0.444. The highest BCUT2D eigenvalue weighted by Crippen LogP contribution is 1.95. The van der Waals surface area contributed by atoms with Crippen molar-refractivity contribution in [1.82, 2.24) is 0 Å². The topological polar surface area (TPSA) is 23.8 Å². The van der Waals surface area contributed by atoms with Crippen molar-refractivity contribution in [3.63, 3.8) is 0 Å². The zero-order valence-electron chi connectivity index (χ0n) is 7.04. The summed E-state index contributed by atoms with van der Waals surface area (Å²) in [6.07, 6.45) is 10.4. The summed E-state index contributed by atoms with van der Waals surface area (Å²) in [6.45, 7) is 3.96. The van der Waals surface area contributed by atoms with Gasteiger partial charge in [0.1, 0.15) is 0 Å². The van der Waals surface area contributed by atoms with Crippen molar-refractivity contribution in [2.75, 3.05) is 0 Å². The van der Waals surface area contributed by atoms with Crippen LogP contribution in [0.2, 0.25) is 0 Å². The summed E-state index contributed by atoms with van der Waals surface area (Å²) < 4.78 is 0. The van der Waals surface area contributed by atoms with Crippen molar-refractivity contribution in [1.29, 1.82) is 5.26 Å². The monoisotopic (exact) mass is 147 g/mol. The maximum Gasteiger partial charge on any atom is 0.0991 e. The Morgan fingerprint density at radius 3 is 2.73 bits per heavy atom. The zero-order valence-corrected chi connectivity index (χ0v) is 7.04. The molecule has 0 saturated carbocycles. The molecule has 0 radical (unpaired) electrons. The fraction of sp³-hybridized carbons (Fsp3) is 0.300. The predicted molar refractivity (Wildman–Crippen MR) is 47.9 cm³/mol. The summed E-state index contributed by atoms with van der Waals surface area (Å²) in [6, 6.07) is 2.08. The van der Waals surface area contributed by atoms with Crippen molar-refractivity contribution in [2.24, 2.45) is 0 Å². The molecule has 0 aliphatic rings. The van der Waals surface area contributed by atoms with Crippen molar-refractivity contribution in [3.8, 4) is 6.07 Å². The van der Waals surface area contributed by atoms with Gasteiger partial charge in [-0.3, -0.25) is 0 Å². The summed E-state index contributed by atoms with van der Waals surface area (Å²) in [5, 5.41) is 8.55. The van der Waals surface area contributed by atoms with E-state index < -0.39 is 0 Å². The minimum absolute atomic E-state index is 0.692. The van der Waals surface area contributed by atoms with Crippen molar-refractivity contribution in [3.05, 3.63) is 36.0 Å². The molecule has 0 atom stereocenters. The molecule has 0 aromatic heterocycles. The van der Waals surface area contributed by atoms with Gasteiger partial charge in [0.15, 0.2) is 0 Å². The van der Waals surface area contributed by atoms with Gasteiger partial charge in [0, 0.05) is 0 Å². The van der Waals surface area contributed by atoms with Crippen LogP contribution in [-0.4, -0.2) is 0 Å². The van der Waals surface area contributed by atoms with E-state index in [1.54, 1.807) is 6.08 Å². The Bertz CT molecular complexity index is 214. The van der Waals surface area contributed by atoms with E-state index in [-0.39, 0.29) is 0 Å². The average molecular weight is 147 g/mol. The average Bonchev–Trinajstić information content (AvgIpc) is 2.03. The van der Waals surface area contributed by atoms with Crippen LogP contribution >= 0.6 is 0 Å². The lowest BCUT2D eigenvalue weighted by atomic mass is 10.2. The van der Waals surface area contributed by atoms with Gasteiger partial charge in [-0.05, 0) is 25.5 Å². The van der Waals surface area contributed by atoms with Gasteiger partial charge in [0.05, 0.1) is 11.6 Å². The van der Waals surface area contributed by atoms with Crippen molar-refractivity contribution < 1.29 is 0 Å². The zero-order chi connectivity index (χ0) is 8.53. The van der Waals surface area contributed by atoms with E-state index in [2.05, 4.69) is 13.0 Å². The number of nitrogens with zero attached hydrogens (tertiary/aromatic N) is 1. The highest BCUT2D eigenvalue weighted by atomic mass is 14.2. The first kappa shape index (κ1) is 9.71. The van der Waals surface area contributed by atoms with E-state index in [0.29, 0.717) is 5.57 Å². The van der Waals surface area contributed by atoms with Crippen molar-refractivity contribution >= 4 is 0 Å². The Labute approximate surface area is 68.3 Å². The van der Waals surface area contributed by atoms with Gasteiger partial charge in [0.2, 0.25) is 0 Å². The molecule has 0 bridgehead atoms. The number of hydrogen-bond acceptors (Lipinski definition) is 1. The minimum Gasteiger partial charge on any atom is -0.192 e. The first-order chi connectivity index (χ1) is 5.35. The molecule has 0 unspecified atom stereocenters. The van der Waals surface area contributed by atoms with E-state index in [9.17, 15) is 0 Å². The molecular weight excluding hydrogens is 134 g/mol. The number of nitriles is 1. The molecule has 0 heterocycles. The predicted octanol–water partition coefficient (Wildman–Crippen LogP) is 2.98. The van der Waals surface area contributed by atoms with Gasteiger partial charge in [-0.15, -0.1) is 0 Å². The van der Waals surface area contributed by atoms with Crippen LogP contribution in [-0.2, 0) is 0 Å². The largest absolute Gasteiger partial charge is 0.192 e. The Morgan fingerprint density at radius 2 is 2.27 bits per heavy atom. The van der Waals surface area contributed by atoms with E-state index in [4.69, 9.17) is 5.26 Å². The second-order valence-electron chi connectivity index (χ2n) is 2.07. The van der Waals surface area contributed by atoms with E-state index >= 15 is 0 Å². The van der Waals surface area contributed by atoms with Gasteiger partial charge < -0.3 is 0 Å². The standard InChI is InChI=1S/C10H13N/c1-3-5-6-8-10(9-11)7-4-2/h4-8H,3H2,1-2H3/b6-5+,7-4-,10-8+. The van der Waals surface area contributed by atoms with Gasteiger partial charge in [-0.2, -0.15) is 5.26 Å². The van der Waals surface area contributed by atoms with Crippen LogP contribution in [0.4, 0.5) is 0 Å². The maximum absolute atomic E-state index is 8.55. The highest BCUT2D eigenvalue weighted by molar-refractivity contribution is 5.35.